The maximum absolute atomic E-state index is 13.1. The van der Waals surface area contributed by atoms with Crippen molar-refractivity contribution in [2.45, 2.75) is 26.5 Å². The van der Waals surface area contributed by atoms with Crippen molar-refractivity contribution in [3.63, 3.8) is 0 Å². The van der Waals surface area contributed by atoms with Crippen LogP contribution in [-0.4, -0.2) is 27.0 Å². The number of anilines is 1. The average Bonchev–Trinajstić information content (AvgIpc) is 3.59. The molecule has 0 saturated carbocycles. The van der Waals surface area contributed by atoms with Crippen molar-refractivity contribution in [3.8, 4) is 5.75 Å². The van der Waals surface area contributed by atoms with Gasteiger partial charge in [0.15, 0.2) is 0 Å². The number of carbonyl (C=O) groups excluding carboxylic acids is 2. The molecule has 1 amide bonds. The summed E-state index contributed by atoms with van der Waals surface area (Å²) in [6.07, 6.45) is 0. The van der Waals surface area contributed by atoms with Gasteiger partial charge in [-0.1, -0.05) is 47.2 Å². The van der Waals surface area contributed by atoms with E-state index in [4.69, 9.17) is 4.74 Å². The van der Waals surface area contributed by atoms with Crippen molar-refractivity contribution >= 4 is 45.3 Å². The fourth-order valence-corrected chi connectivity index (χ4v) is 5.50. The Morgan fingerprint density at radius 1 is 1.06 bits per heavy atom. The topological polar surface area (TPSA) is 92.6 Å². The third-order valence-electron chi connectivity index (χ3n) is 5.59. The SMILES string of the molecule is Cc1cccc(COc2ccc(C(O)=C3C(=O)C(=O)N(c4nnc(C)s4)C3c3cccs3)cc2)c1. The number of aromatic nitrogens is 2. The number of thiophene rings is 1. The zero-order valence-corrected chi connectivity index (χ0v) is 20.6. The number of aliphatic hydroxyl groups excluding tert-OH is 1. The van der Waals surface area contributed by atoms with Crippen LogP contribution < -0.4 is 9.64 Å². The molecule has 1 aliphatic rings. The van der Waals surface area contributed by atoms with E-state index in [0.717, 1.165) is 16.0 Å². The fourth-order valence-electron chi connectivity index (χ4n) is 3.96. The van der Waals surface area contributed by atoms with Gasteiger partial charge in [-0.15, -0.1) is 21.5 Å². The van der Waals surface area contributed by atoms with Gasteiger partial charge < -0.3 is 9.84 Å². The highest BCUT2D eigenvalue weighted by atomic mass is 32.1. The van der Waals surface area contributed by atoms with Gasteiger partial charge in [0.1, 0.15) is 29.2 Å². The summed E-state index contributed by atoms with van der Waals surface area (Å²) in [5.74, 6) is -1.11. The lowest BCUT2D eigenvalue weighted by atomic mass is 10.00. The second kappa shape index (κ2) is 9.44. The average molecular weight is 504 g/mol. The number of hydrogen-bond donors (Lipinski definition) is 1. The quantitative estimate of drug-likeness (QED) is 0.215. The van der Waals surface area contributed by atoms with Crippen LogP contribution in [0.1, 0.15) is 32.6 Å². The maximum Gasteiger partial charge on any atom is 0.301 e. The summed E-state index contributed by atoms with van der Waals surface area (Å²) in [4.78, 5) is 28.2. The lowest BCUT2D eigenvalue weighted by Crippen LogP contribution is -2.29. The Bertz CT molecular complexity index is 1430. The molecule has 0 spiro atoms. The zero-order chi connectivity index (χ0) is 24.5. The van der Waals surface area contributed by atoms with Gasteiger partial charge in [-0.25, -0.2) is 0 Å². The highest BCUT2D eigenvalue weighted by molar-refractivity contribution is 7.15. The normalized spacial score (nSPS) is 17.2. The highest BCUT2D eigenvalue weighted by Gasteiger charge is 2.48. The fraction of sp³-hybridized carbons (Fsp3) is 0.154. The van der Waals surface area contributed by atoms with Crippen molar-refractivity contribution in [1.82, 2.24) is 10.2 Å². The molecule has 1 fully saturated rings. The van der Waals surface area contributed by atoms with E-state index in [9.17, 15) is 14.7 Å². The van der Waals surface area contributed by atoms with Crippen LogP contribution in [0.4, 0.5) is 5.13 Å². The smallest absolute Gasteiger partial charge is 0.301 e. The first-order chi connectivity index (χ1) is 16.9. The molecule has 0 radical (unpaired) electrons. The van der Waals surface area contributed by atoms with Crippen LogP contribution in [-0.2, 0) is 16.2 Å². The van der Waals surface area contributed by atoms with Gasteiger partial charge in [0.05, 0.1) is 5.57 Å². The van der Waals surface area contributed by atoms with Crippen LogP contribution in [0.15, 0.2) is 71.6 Å². The number of ketones is 1. The minimum Gasteiger partial charge on any atom is -0.507 e. The molecule has 1 saturated heterocycles. The molecule has 1 N–H and O–H groups in total. The van der Waals surface area contributed by atoms with Gasteiger partial charge in [0.25, 0.3) is 5.78 Å². The Hall–Kier alpha value is -3.82. The number of benzene rings is 2. The Balaban J connectivity index is 1.47. The molecule has 0 bridgehead atoms. The van der Waals surface area contributed by atoms with E-state index in [-0.39, 0.29) is 11.3 Å². The van der Waals surface area contributed by atoms with E-state index in [0.29, 0.717) is 28.1 Å². The number of Topliss-reactive ketones (excluding diaryl/α,β-unsaturated/α-hetero) is 1. The molecular weight excluding hydrogens is 482 g/mol. The largest absolute Gasteiger partial charge is 0.507 e. The summed E-state index contributed by atoms with van der Waals surface area (Å²) in [6, 6.07) is 17.8. The first-order valence-electron chi connectivity index (χ1n) is 10.9. The Kier molecular flexibility index (Phi) is 6.19. The highest BCUT2D eigenvalue weighted by Crippen LogP contribution is 2.44. The van der Waals surface area contributed by atoms with Crippen molar-refractivity contribution in [3.05, 3.63) is 98.2 Å². The summed E-state index contributed by atoms with van der Waals surface area (Å²) in [5, 5.41) is 22.1. The van der Waals surface area contributed by atoms with E-state index in [2.05, 4.69) is 16.3 Å². The number of nitrogens with zero attached hydrogens (tertiary/aromatic N) is 3. The molecule has 1 unspecified atom stereocenters. The third kappa shape index (κ3) is 4.48. The summed E-state index contributed by atoms with van der Waals surface area (Å²) in [7, 11) is 0. The van der Waals surface area contributed by atoms with Gasteiger partial charge in [0.2, 0.25) is 5.13 Å². The number of amides is 1. The van der Waals surface area contributed by atoms with Crippen LogP contribution in [0.25, 0.3) is 5.76 Å². The molecule has 7 nitrogen and oxygen atoms in total. The second-order valence-electron chi connectivity index (χ2n) is 8.09. The van der Waals surface area contributed by atoms with Crippen molar-refractivity contribution in [2.75, 3.05) is 4.90 Å². The second-order valence-corrected chi connectivity index (χ2v) is 10.2. The summed E-state index contributed by atoms with van der Waals surface area (Å²) in [5.41, 5.74) is 2.66. The molecule has 5 rings (SSSR count). The van der Waals surface area contributed by atoms with E-state index < -0.39 is 17.7 Å². The number of aryl methyl sites for hydroxylation is 2. The molecular formula is C26H21N3O4S2. The predicted molar refractivity (Wildman–Crippen MR) is 136 cm³/mol. The first-order valence-corrected chi connectivity index (χ1v) is 12.6. The molecule has 9 heteroatoms. The first kappa shape index (κ1) is 22.9. The molecule has 1 aliphatic heterocycles. The van der Waals surface area contributed by atoms with E-state index in [1.54, 1.807) is 31.2 Å². The van der Waals surface area contributed by atoms with Crippen LogP contribution in [0.2, 0.25) is 0 Å². The third-order valence-corrected chi connectivity index (χ3v) is 7.36. The van der Waals surface area contributed by atoms with Gasteiger partial charge in [-0.2, -0.15) is 0 Å². The molecule has 35 heavy (non-hydrogen) atoms. The van der Waals surface area contributed by atoms with E-state index in [1.165, 1.54) is 27.6 Å². The van der Waals surface area contributed by atoms with Crippen molar-refractivity contribution < 1.29 is 19.4 Å². The number of aliphatic hydroxyl groups is 1. The molecule has 0 aliphatic carbocycles. The summed E-state index contributed by atoms with van der Waals surface area (Å²) >= 11 is 2.62. The van der Waals surface area contributed by atoms with Crippen LogP contribution >= 0.6 is 22.7 Å². The van der Waals surface area contributed by atoms with Gasteiger partial charge in [-0.3, -0.25) is 14.5 Å². The van der Waals surface area contributed by atoms with Crippen LogP contribution in [0.5, 0.6) is 5.75 Å². The molecule has 3 heterocycles. The monoisotopic (exact) mass is 503 g/mol. The lowest BCUT2D eigenvalue weighted by Gasteiger charge is -2.20. The minimum absolute atomic E-state index is 0.0266. The predicted octanol–water partition coefficient (Wildman–Crippen LogP) is 5.42. The zero-order valence-electron chi connectivity index (χ0n) is 19.0. The summed E-state index contributed by atoms with van der Waals surface area (Å²) < 4.78 is 5.86. The molecule has 1 atom stereocenters. The molecule has 4 aromatic rings. The number of hydrogen-bond acceptors (Lipinski definition) is 8. The lowest BCUT2D eigenvalue weighted by molar-refractivity contribution is -0.132. The molecule has 176 valence electrons. The van der Waals surface area contributed by atoms with E-state index >= 15 is 0 Å². The molecule has 2 aromatic carbocycles. The number of ether oxygens (including phenoxy) is 1. The van der Waals surface area contributed by atoms with Gasteiger partial charge in [0, 0.05) is 10.4 Å². The van der Waals surface area contributed by atoms with Crippen LogP contribution in [0.3, 0.4) is 0 Å². The van der Waals surface area contributed by atoms with Crippen molar-refractivity contribution in [1.29, 1.82) is 0 Å². The Morgan fingerprint density at radius 3 is 2.51 bits per heavy atom. The van der Waals surface area contributed by atoms with Crippen LogP contribution in [0, 0.1) is 13.8 Å². The standard InChI is InChI=1S/C26H21N3O4S2/c1-15-5-3-6-17(13-15)14-33-19-10-8-18(9-11-19)23(30)21-22(20-7-4-12-34-20)29(25(32)24(21)31)26-28-27-16(2)35-26/h3-13,22,30H,14H2,1-2H3. The van der Waals surface area contributed by atoms with Gasteiger partial charge in [-0.05, 0) is 55.1 Å². The summed E-state index contributed by atoms with van der Waals surface area (Å²) in [6.45, 7) is 4.22. The number of carbonyl (C=O) groups is 2. The van der Waals surface area contributed by atoms with Gasteiger partial charge >= 0.3 is 5.91 Å². The maximum atomic E-state index is 13.1. The van der Waals surface area contributed by atoms with Crippen molar-refractivity contribution in [2.24, 2.45) is 0 Å². The Morgan fingerprint density at radius 2 is 1.86 bits per heavy atom. The molecule has 2 aromatic heterocycles. The minimum atomic E-state index is -0.778. The van der Waals surface area contributed by atoms with E-state index in [1.807, 2.05) is 42.6 Å². The number of rotatable bonds is 6. The Labute approximate surface area is 210 Å².